The van der Waals surface area contributed by atoms with Gasteiger partial charge in [-0.1, -0.05) is 63.2 Å². The van der Waals surface area contributed by atoms with Gasteiger partial charge in [0.1, 0.15) is 17.8 Å². The van der Waals surface area contributed by atoms with Crippen LogP contribution in [0, 0.1) is 0 Å². The number of hydrogen-bond donors (Lipinski definition) is 2. The molecule has 2 aliphatic rings. The summed E-state index contributed by atoms with van der Waals surface area (Å²) < 4.78 is 0. The fourth-order valence-electron chi connectivity index (χ4n) is 5.72. The Morgan fingerprint density at radius 2 is 1.56 bits per heavy atom. The molecule has 2 saturated heterocycles. The molecule has 2 fully saturated rings. The number of ketones is 1. The van der Waals surface area contributed by atoms with Crippen molar-refractivity contribution in [1.82, 2.24) is 15.1 Å². The molecule has 3 aromatic carbocycles. The summed E-state index contributed by atoms with van der Waals surface area (Å²) in [5.74, 6) is -1.07. The average Bonchev–Trinajstić information content (AvgIpc) is 3.54. The highest BCUT2D eigenvalue weighted by Gasteiger charge is 2.52. The number of benzene rings is 3. The molecule has 3 aromatic rings. The summed E-state index contributed by atoms with van der Waals surface area (Å²) in [6.07, 6.45) is 0.661. The van der Waals surface area contributed by atoms with E-state index >= 15 is 0 Å². The van der Waals surface area contributed by atoms with Crippen LogP contribution in [-0.2, 0) is 21.4 Å². The maximum absolute atomic E-state index is 14.0. The topological polar surface area (TPSA) is 107 Å². The summed E-state index contributed by atoms with van der Waals surface area (Å²) in [5.41, 5.74) is 2.70. The molecule has 3 amide bonds. The number of amides is 3. The average molecular weight is 554 g/mol. The van der Waals surface area contributed by atoms with E-state index in [1.165, 1.54) is 17.0 Å². The van der Waals surface area contributed by atoms with Crippen LogP contribution in [0.5, 0.6) is 5.75 Å². The molecule has 212 valence electrons. The van der Waals surface area contributed by atoms with Crippen LogP contribution in [0.1, 0.15) is 59.0 Å². The van der Waals surface area contributed by atoms with E-state index in [-0.39, 0.29) is 41.7 Å². The van der Waals surface area contributed by atoms with E-state index < -0.39 is 24.0 Å². The molecule has 2 N–H and O–H groups in total. The fourth-order valence-corrected chi connectivity index (χ4v) is 5.72. The van der Waals surface area contributed by atoms with Crippen LogP contribution >= 0.6 is 0 Å². The van der Waals surface area contributed by atoms with Gasteiger partial charge >= 0.3 is 0 Å². The van der Waals surface area contributed by atoms with Gasteiger partial charge < -0.3 is 20.2 Å². The molecule has 2 heterocycles. The maximum Gasteiger partial charge on any atom is 0.254 e. The third-order valence-corrected chi connectivity index (χ3v) is 7.98. The molecule has 2 aliphatic heterocycles. The summed E-state index contributed by atoms with van der Waals surface area (Å²) in [6, 6.07) is 20.5. The maximum atomic E-state index is 14.0. The van der Waals surface area contributed by atoms with Gasteiger partial charge in [0.05, 0.1) is 12.6 Å². The summed E-state index contributed by atoms with van der Waals surface area (Å²) >= 11 is 0. The molecule has 0 radical (unpaired) electrons. The number of nitrogens with one attached hydrogen (secondary N) is 1. The molecular weight excluding hydrogens is 518 g/mol. The van der Waals surface area contributed by atoms with E-state index in [0.29, 0.717) is 24.1 Å². The first kappa shape index (κ1) is 28.1. The molecule has 1 unspecified atom stereocenters. The lowest BCUT2D eigenvalue weighted by molar-refractivity contribution is -0.138. The van der Waals surface area contributed by atoms with E-state index in [0.717, 1.165) is 11.1 Å². The molecule has 0 aromatic heterocycles. The Morgan fingerprint density at radius 1 is 0.902 bits per heavy atom. The van der Waals surface area contributed by atoms with E-state index in [4.69, 9.17) is 0 Å². The number of rotatable bonds is 6. The SMILES string of the molecule is CC(C)(C)c1ccc(C(=O)N[C@@H](Cc2ccc(O)cc2)C(=O)N2CCC3[C@H]2C(=O)CN3C(=O)c2ccccc2)cc1. The Bertz CT molecular complexity index is 1440. The minimum Gasteiger partial charge on any atom is -0.508 e. The van der Waals surface area contributed by atoms with E-state index in [1.54, 1.807) is 53.4 Å². The number of phenolic OH excluding ortho intramolecular Hbond substituents is 1. The Hall–Kier alpha value is -4.46. The molecule has 0 bridgehead atoms. The standard InChI is InChI=1S/C33H35N3O5/c1-33(2,3)24-13-11-22(12-14-24)30(39)34-26(19-21-9-15-25(37)16-10-21)32(41)35-18-17-27-29(35)28(38)20-36(27)31(40)23-7-5-4-6-8-23/h4-16,26-27,29,37H,17-20H2,1-3H3,(H,34,39)/t26-,27?,29-/m0/s1. The molecule has 0 aliphatic carbocycles. The van der Waals surface area contributed by atoms with Crippen molar-refractivity contribution in [2.75, 3.05) is 13.1 Å². The monoisotopic (exact) mass is 553 g/mol. The molecule has 0 saturated carbocycles. The third kappa shape index (κ3) is 5.87. The molecular formula is C33H35N3O5. The Labute approximate surface area is 240 Å². The quantitative estimate of drug-likeness (QED) is 0.484. The largest absolute Gasteiger partial charge is 0.508 e. The summed E-state index contributed by atoms with van der Waals surface area (Å²) in [4.78, 5) is 56.8. The number of carbonyl (C=O) groups excluding carboxylic acids is 4. The van der Waals surface area contributed by atoms with Crippen LogP contribution in [0.4, 0.5) is 0 Å². The van der Waals surface area contributed by atoms with Crippen LogP contribution < -0.4 is 5.32 Å². The number of aromatic hydroxyl groups is 1. The number of nitrogens with zero attached hydrogens (tertiary/aromatic N) is 2. The van der Waals surface area contributed by atoms with Crippen LogP contribution in [0.15, 0.2) is 78.9 Å². The lowest BCUT2D eigenvalue weighted by Gasteiger charge is -2.28. The van der Waals surface area contributed by atoms with Gasteiger partial charge in [0.2, 0.25) is 5.91 Å². The fraction of sp³-hybridized carbons (Fsp3) is 0.333. The molecule has 41 heavy (non-hydrogen) atoms. The van der Waals surface area contributed by atoms with Gasteiger partial charge in [0.15, 0.2) is 5.78 Å². The normalized spacial score (nSPS) is 19.1. The molecule has 8 nitrogen and oxygen atoms in total. The second kappa shape index (κ2) is 11.2. The number of Topliss-reactive ketones (excluding diaryl/α,β-unsaturated/α-hetero) is 1. The Kier molecular flexibility index (Phi) is 7.67. The predicted octanol–water partition coefficient (Wildman–Crippen LogP) is 3.73. The molecule has 5 rings (SSSR count). The van der Waals surface area contributed by atoms with Crippen molar-refractivity contribution < 1.29 is 24.3 Å². The highest BCUT2D eigenvalue weighted by molar-refractivity contribution is 6.03. The first-order chi connectivity index (χ1) is 19.5. The van der Waals surface area contributed by atoms with E-state index in [9.17, 15) is 24.3 Å². The van der Waals surface area contributed by atoms with Crippen molar-refractivity contribution >= 4 is 23.5 Å². The van der Waals surface area contributed by atoms with Crippen molar-refractivity contribution in [3.05, 3.63) is 101 Å². The van der Waals surface area contributed by atoms with Crippen LogP contribution in [-0.4, -0.2) is 69.6 Å². The number of carbonyl (C=O) groups is 4. The van der Waals surface area contributed by atoms with Gasteiger partial charge in [-0.15, -0.1) is 0 Å². The van der Waals surface area contributed by atoms with Crippen molar-refractivity contribution in [1.29, 1.82) is 0 Å². The highest BCUT2D eigenvalue weighted by atomic mass is 16.3. The van der Waals surface area contributed by atoms with Gasteiger partial charge in [-0.25, -0.2) is 0 Å². The van der Waals surface area contributed by atoms with Crippen molar-refractivity contribution in [3.63, 3.8) is 0 Å². The lowest BCUT2D eigenvalue weighted by Crippen LogP contribution is -2.53. The second-order valence-electron chi connectivity index (χ2n) is 11.8. The van der Waals surface area contributed by atoms with Crippen molar-refractivity contribution in [2.45, 2.75) is 57.2 Å². The predicted molar refractivity (Wildman–Crippen MR) is 155 cm³/mol. The van der Waals surface area contributed by atoms with Gasteiger partial charge in [-0.3, -0.25) is 19.2 Å². The van der Waals surface area contributed by atoms with E-state index in [1.807, 2.05) is 18.2 Å². The van der Waals surface area contributed by atoms with Crippen molar-refractivity contribution in [2.24, 2.45) is 0 Å². The summed E-state index contributed by atoms with van der Waals surface area (Å²) in [5, 5.41) is 12.6. The number of likely N-dealkylation sites (tertiary alicyclic amines) is 2. The highest BCUT2D eigenvalue weighted by Crippen LogP contribution is 2.32. The van der Waals surface area contributed by atoms with Crippen LogP contribution in [0.3, 0.4) is 0 Å². The first-order valence-corrected chi connectivity index (χ1v) is 13.9. The minimum absolute atomic E-state index is 0.0536. The summed E-state index contributed by atoms with van der Waals surface area (Å²) in [7, 11) is 0. The molecule has 3 atom stereocenters. The Morgan fingerprint density at radius 3 is 2.20 bits per heavy atom. The van der Waals surface area contributed by atoms with Crippen molar-refractivity contribution in [3.8, 4) is 5.75 Å². The lowest BCUT2D eigenvalue weighted by atomic mass is 9.86. The zero-order valence-corrected chi connectivity index (χ0v) is 23.5. The van der Waals surface area contributed by atoms with Gasteiger partial charge in [0, 0.05) is 24.1 Å². The van der Waals surface area contributed by atoms with Gasteiger partial charge in [-0.05, 0) is 59.4 Å². The second-order valence-corrected chi connectivity index (χ2v) is 11.8. The first-order valence-electron chi connectivity index (χ1n) is 13.9. The van der Waals surface area contributed by atoms with E-state index in [2.05, 4.69) is 26.1 Å². The molecule has 8 heteroatoms. The Balaban J connectivity index is 1.37. The number of hydrogen-bond acceptors (Lipinski definition) is 5. The minimum atomic E-state index is -0.945. The zero-order valence-electron chi connectivity index (χ0n) is 23.5. The number of phenols is 1. The van der Waals surface area contributed by atoms with Gasteiger partial charge in [-0.2, -0.15) is 0 Å². The smallest absolute Gasteiger partial charge is 0.254 e. The molecule has 0 spiro atoms. The zero-order chi connectivity index (χ0) is 29.3. The number of fused-ring (bicyclic) bond motifs is 1. The third-order valence-electron chi connectivity index (χ3n) is 7.98. The van der Waals surface area contributed by atoms with Crippen LogP contribution in [0.2, 0.25) is 0 Å². The van der Waals surface area contributed by atoms with Crippen LogP contribution in [0.25, 0.3) is 0 Å². The summed E-state index contributed by atoms with van der Waals surface area (Å²) in [6.45, 7) is 6.53. The van der Waals surface area contributed by atoms with Gasteiger partial charge in [0.25, 0.3) is 11.8 Å².